The van der Waals surface area contributed by atoms with Crippen molar-refractivity contribution < 1.29 is 14.1 Å². The number of carbonyl (C=O) groups excluding carboxylic acids is 1. The highest BCUT2D eigenvalue weighted by Crippen LogP contribution is 2.39. The molecule has 1 N–H and O–H groups in total. The Morgan fingerprint density at radius 3 is 2.88 bits per heavy atom. The molecule has 2 aliphatic rings. The molecular formula is C18H21N3O3. The fraction of sp³-hybridized carbons (Fsp3) is 0.500. The maximum atomic E-state index is 12.4. The van der Waals surface area contributed by atoms with Crippen LogP contribution in [-0.2, 0) is 16.0 Å². The van der Waals surface area contributed by atoms with Crippen LogP contribution in [0.1, 0.15) is 49.5 Å². The van der Waals surface area contributed by atoms with E-state index >= 15 is 0 Å². The van der Waals surface area contributed by atoms with Crippen LogP contribution in [0, 0.1) is 5.92 Å². The average molecular weight is 327 g/mol. The molecule has 24 heavy (non-hydrogen) atoms. The third kappa shape index (κ3) is 3.06. The Morgan fingerprint density at radius 1 is 1.33 bits per heavy atom. The van der Waals surface area contributed by atoms with Gasteiger partial charge in [-0.05, 0) is 31.7 Å². The van der Waals surface area contributed by atoms with Crippen LogP contribution in [0.5, 0.6) is 0 Å². The van der Waals surface area contributed by atoms with E-state index in [1.807, 2.05) is 37.3 Å². The fourth-order valence-corrected chi connectivity index (χ4v) is 3.58. The zero-order chi connectivity index (χ0) is 16.5. The molecule has 0 aliphatic carbocycles. The summed E-state index contributed by atoms with van der Waals surface area (Å²) in [5.74, 6) is 1.06. The second kappa shape index (κ2) is 6.36. The van der Waals surface area contributed by atoms with Crippen LogP contribution in [0.3, 0.4) is 0 Å². The summed E-state index contributed by atoms with van der Waals surface area (Å²) >= 11 is 0. The van der Waals surface area contributed by atoms with Crippen molar-refractivity contribution in [2.75, 3.05) is 0 Å². The van der Waals surface area contributed by atoms with E-state index in [1.54, 1.807) is 0 Å². The smallest absolute Gasteiger partial charge is 0.231 e. The standard InChI is InChI=1S/C18H21N3O3/c1-11(19-18(22)14-10-13-7-8-15(14)23-13)17-20-16(24-21-17)9-12-5-3-2-4-6-12/h2-6,11,13-15H,7-10H2,1H3,(H,19,22)/t11-,13+,14+,15+/m0/s1. The van der Waals surface area contributed by atoms with Crippen molar-refractivity contribution in [1.29, 1.82) is 0 Å². The molecule has 2 aliphatic heterocycles. The topological polar surface area (TPSA) is 77.2 Å². The van der Waals surface area contributed by atoms with Crippen molar-refractivity contribution >= 4 is 5.91 Å². The molecule has 2 bridgehead atoms. The van der Waals surface area contributed by atoms with Gasteiger partial charge < -0.3 is 14.6 Å². The summed E-state index contributed by atoms with van der Waals surface area (Å²) < 4.78 is 11.1. The van der Waals surface area contributed by atoms with Gasteiger partial charge in [-0.15, -0.1) is 0 Å². The Morgan fingerprint density at radius 2 is 2.17 bits per heavy atom. The van der Waals surface area contributed by atoms with Gasteiger partial charge in [-0.3, -0.25) is 4.79 Å². The summed E-state index contributed by atoms with van der Waals surface area (Å²) in [5, 5.41) is 7.00. The predicted octanol–water partition coefficient (Wildman–Crippen LogP) is 2.41. The van der Waals surface area contributed by atoms with E-state index in [4.69, 9.17) is 9.26 Å². The van der Waals surface area contributed by atoms with Gasteiger partial charge in [0.15, 0.2) is 5.82 Å². The maximum absolute atomic E-state index is 12.4. The number of ether oxygens (including phenoxy) is 1. The van der Waals surface area contributed by atoms with E-state index in [-0.39, 0.29) is 30.1 Å². The molecule has 2 aromatic rings. The van der Waals surface area contributed by atoms with Gasteiger partial charge in [-0.25, -0.2) is 0 Å². The summed E-state index contributed by atoms with van der Waals surface area (Å²) in [4.78, 5) is 16.8. The number of fused-ring (bicyclic) bond motifs is 2. The Bertz CT molecular complexity index is 715. The molecule has 2 saturated heterocycles. The van der Waals surface area contributed by atoms with E-state index in [9.17, 15) is 4.79 Å². The zero-order valence-electron chi connectivity index (χ0n) is 13.6. The molecule has 3 heterocycles. The first-order chi connectivity index (χ1) is 11.7. The third-order valence-corrected chi connectivity index (χ3v) is 4.87. The Kier molecular flexibility index (Phi) is 4.06. The second-order valence-corrected chi connectivity index (χ2v) is 6.66. The SMILES string of the molecule is C[C@H](NC(=O)[C@@H]1C[C@H]2CC[C@H]1O2)c1noc(Cc2ccccc2)n1. The largest absolute Gasteiger partial charge is 0.374 e. The van der Waals surface area contributed by atoms with Gasteiger partial charge in [0.2, 0.25) is 11.8 Å². The molecule has 1 amide bonds. The van der Waals surface area contributed by atoms with Gasteiger partial charge >= 0.3 is 0 Å². The first-order valence-corrected chi connectivity index (χ1v) is 8.51. The number of carbonyl (C=O) groups is 1. The lowest BCUT2D eigenvalue weighted by molar-refractivity contribution is -0.127. The summed E-state index contributed by atoms with van der Waals surface area (Å²) in [6.45, 7) is 1.88. The van der Waals surface area contributed by atoms with Gasteiger partial charge in [0.25, 0.3) is 0 Å². The van der Waals surface area contributed by atoms with Crippen LogP contribution in [0.2, 0.25) is 0 Å². The molecule has 126 valence electrons. The molecule has 0 unspecified atom stereocenters. The summed E-state index contributed by atoms with van der Waals surface area (Å²) in [7, 11) is 0. The van der Waals surface area contributed by atoms with Crippen molar-refractivity contribution in [3.63, 3.8) is 0 Å². The lowest BCUT2D eigenvalue weighted by Gasteiger charge is -2.19. The van der Waals surface area contributed by atoms with Crippen molar-refractivity contribution in [3.8, 4) is 0 Å². The summed E-state index contributed by atoms with van der Waals surface area (Å²) in [6.07, 6.45) is 3.84. The third-order valence-electron chi connectivity index (χ3n) is 4.87. The van der Waals surface area contributed by atoms with E-state index in [0.717, 1.165) is 24.8 Å². The van der Waals surface area contributed by atoms with E-state index in [0.29, 0.717) is 18.1 Å². The van der Waals surface area contributed by atoms with Crippen LogP contribution >= 0.6 is 0 Å². The Labute approximate surface area is 140 Å². The summed E-state index contributed by atoms with van der Waals surface area (Å²) in [6, 6.07) is 9.69. The predicted molar refractivity (Wildman–Crippen MR) is 86.1 cm³/mol. The van der Waals surface area contributed by atoms with Crippen molar-refractivity contribution in [2.45, 2.75) is 50.9 Å². The monoisotopic (exact) mass is 327 g/mol. The van der Waals surface area contributed by atoms with Crippen LogP contribution < -0.4 is 5.32 Å². The average Bonchev–Trinajstić information content (AvgIpc) is 3.32. The number of amides is 1. The highest BCUT2D eigenvalue weighted by molar-refractivity contribution is 5.80. The molecule has 0 spiro atoms. The van der Waals surface area contributed by atoms with Crippen LogP contribution in [0.4, 0.5) is 0 Å². The van der Waals surface area contributed by atoms with E-state index < -0.39 is 0 Å². The van der Waals surface area contributed by atoms with Gasteiger partial charge in [0.05, 0.1) is 30.6 Å². The Balaban J connectivity index is 1.36. The normalized spacial score (nSPS) is 26.5. The highest BCUT2D eigenvalue weighted by Gasteiger charge is 2.44. The number of benzene rings is 1. The highest BCUT2D eigenvalue weighted by atomic mass is 16.5. The molecular weight excluding hydrogens is 306 g/mol. The molecule has 6 nitrogen and oxygen atoms in total. The number of aromatic nitrogens is 2. The first-order valence-electron chi connectivity index (χ1n) is 8.51. The van der Waals surface area contributed by atoms with Crippen LogP contribution in [0.25, 0.3) is 0 Å². The zero-order valence-corrected chi connectivity index (χ0v) is 13.6. The minimum absolute atomic E-state index is 0.0316. The Hall–Kier alpha value is -2.21. The van der Waals surface area contributed by atoms with E-state index in [1.165, 1.54) is 0 Å². The molecule has 4 rings (SSSR count). The first kappa shape index (κ1) is 15.3. The van der Waals surface area contributed by atoms with Crippen molar-refractivity contribution in [1.82, 2.24) is 15.5 Å². The van der Waals surface area contributed by atoms with Crippen molar-refractivity contribution in [2.24, 2.45) is 5.92 Å². The lowest BCUT2D eigenvalue weighted by Crippen LogP contribution is -2.37. The number of rotatable bonds is 5. The van der Waals surface area contributed by atoms with Crippen LogP contribution in [-0.4, -0.2) is 28.3 Å². The number of nitrogens with one attached hydrogen (secondary N) is 1. The maximum Gasteiger partial charge on any atom is 0.231 e. The minimum Gasteiger partial charge on any atom is -0.374 e. The number of hydrogen-bond acceptors (Lipinski definition) is 5. The fourth-order valence-electron chi connectivity index (χ4n) is 3.58. The van der Waals surface area contributed by atoms with Gasteiger partial charge in [-0.1, -0.05) is 35.5 Å². The quantitative estimate of drug-likeness (QED) is 0.912. The van der Waals surface area contributed by atoms with Crippen LogP contribution in [0.15, 0.2) is 34.9 Å². The summed E-state index contributed by atoms with van der Waals surface area (Å²) in [5.41, 5.74) is 1.11. The molecule has 0 radical (unpaired) electrons. The lowest BCUT2D eigenvalue weighted by atomic mass is 9.88. The number of hydrogen-bond donors (Lipinski definition) is 1. The minimum atomic E-state index is -0.273. The number of nitrogens with zero attached hydrogens (tertiary/aromatic N) is 2. The molecule has 4 atom stereocenters. The molecule has 0 saturated carbocycles. The van der Waals surface area contributed by atoms with E-state index in [2.05, 4.69) is 15.5 Å². The second-order valence-electron chi connectivity index (χ2n) is 6.66. The van der Waals surface area contributed by atoms with Gasteiger partial charge in [-0.2, -0.15) is 4.98 Å². The molecule has 6 heteroatoms. The molecule has 1 aromatic carbocycles. The van der Waals surface area contributed by atoms with Gasteiger partial charge in [0.1, 0.15) is 0 Å². The van der Waals surface area contributed by atoms with Gasteiger partial charge in [0, 0.05) is 0 Å². The molecule has 2 fully saturated rings. The van der Waals surface area contributed by atoms with Crippen molar-refractivity contribution in [3.05, 3.63) is 47.6 Å². The molecule has 1 aromatic heterocycles.